The number of halogens is 3. The first-order chi connectivity index (χ1) is 19.7. The third-order valence-corrected chi connectivity index (χ3v) is 8.98. The molecule has 4 aromatic rings. The van der Waals surface area contributed by atoms with Crippen molar-refractivity contribution in [1.29, 1.82) is 0 Å². The number of hydrogen-bond donors (Lipinski definition) is 0. The molecular formula is C31H25BrClIN2O4S. The number of esters is 1. The van der Waals surface area contributed by atoms with E-state index in [0.29, 0.717) is 38.0 Å². The highest BCUT2D eigenvalue weighted by molar-refractivity contribution is 14.1. The van der Waals surface area contributed by atoms with Gasteiger partial charge in [0, 0.05) is 15.1 Å². The number of hydrogen-bond acceptors (Lipinski definition) is 6. The van der Waals surface area contributed by atoms with E-state index in [1.54, 1.807) is 18.4 Å². The van der Waals surface area contributed by atoms with Crippen LogP contribution in [0.4, 0.5) is 0 Å². The molecule has 0 N–H and O–H groups in total. The monoisotopic (exact) mass is 762 g/mol. The van der Waals surface area contributed by atoms with Crippen LogP contribution in [0.3, 0.4) is 0 Å². The van der Waals surface area contributed by atoms with Gasteiger partial charge in [-0.15, -0.1) is 0 Å². The number of carbonyl (C=O) groups excluding carboxylic acids is 1. The molecular weight excluding hydrogens is 739 g/mol. The van der Waals surface area contributed by atoms with E-state index >= 15 is 0 Å². The van der Waals surface area contributed by atoms with E-state index in [1.165, 1.54) is 11.3 Å². The molecule has 0 fully saturated rings. The third kappa shape index (κ3) is 6.38. The number of fused-ring (bicyclic) bond motifs is 1. The summed E-state index contributed by atoms with van der Waals surface area (Å²) in [5.41, 5.74) is 4.20. The van der Waals surface area contributed by atoms with Crippen LogP contribution in [0.15, 0.2) is 86.2 Å². The van der Waals surface area contributed by atoms with Crippen molar-refractivity contribution < 1.29 is 14.3 Å². The van der Waals surface area contributed by atoms with Crippen molar-refractivity contribution >= 4 is 73.5 Å². The fourth-order valence-corrected chi connectivity index (χ4v) is 7.58. The average molecular weight is 764 g/mol. The number of benzene rings is 3. The molecule has 1 atom stereocenters. The van der Waals surface area contributed by atoms with Gasteiger partial charge < -0.3 is 9.47 Å². The topological polar surface area (TPSA) is 69.9 Å². The minimum atomic E-state index is -0.658. The number of ether oxygens (including phenoxy) is 2. The zero-order chi connectivity index (χ0) is 29.3. The quantitative estimate of drug-likeness (QED) is 0.155. The molecule has 0 saturated carbocycles. The number of allylic oxidation sites excluding steroid dienone is 1. The standard InChI is InChI=1S/C31H25BrClIN2O4S/c1-4-39-30(38)26-18(3)35-31-36(27(26)20-10-8-17(2)9-11-20)29(37)25(41-31)14-21-13-22(32)15-24(34)28(21)40-16-19-6-5-7-23(33)12-19/h5-15,27H,4,16H2,1-3H3/b25-14-/t27-/m1/s1. The van der Waals surface area contributed by atoms with Gasteiger partial charge in [0.2, 0.25) is 0 Å². The molecule has 0 radical (unpaired) electrons. The molecule has 5 rings (SSSR count). The molecule has 0 unspecified atom stereocenters. The second kappa shape index (κ2) is 12.6. The lowest BCUT2D eigenvalue weighted by Crippen LogP contribution is -2.39. The molecule has 2 heterocycles. The molecule has 0 aliphatic carbocycles. The van der Waals surface area contributed by atoms with Gasteiger partial charge in [-0.1, -0.05) is 80.8 Å². The van der Waals surface area contributed by atoms with Crippen molar-refractivity contribution in [1.82, 2.24) is 4.57 Å². The summed E-state index contributed by atoms with van der Waals surface area (Å²) in [6.07, 6.45) is 1.82. The normalized spacial score (nSPS) is 15.0. The Balaban J connectivity index is 1.65. The van der Waals surface area contributed by atoms with Gasteiger partial charge in [-0.2, -0.15) is 0 Å². The molecule has 6 nitrogen and oxygen atoms in total. The third-order valence-electron chi connectivity index (χ3n) is 6.51. The highest BCUT2D eigenvalue weighted by Gasteiger charge is 2.33. The lowest BCUT2D eigenvalue weighted by atomic mass is 9.95. The van der Waals surface area contributed by atoms with Crippen LogP contribution in [0.1, 0.15) is 42.1 Å². The van der Waals surface area contributed by atoms with Crippen molar-refractivity contribution in [3.63, 3.8) is 0 Å². The highest BCUT2D eigenvalue weighted by Crippen LogP contribution is 2.33. The summed E-state index contributed by atoms with van der Waals surface area (Å²) in [6, 6.07) is 18.5. The Hall–Kier alpha value is -2.73. The molecule has 0 amide bonds. The van der Waals surface area contributed by atoms with Gasteiger partial charge in [0.15, 0.2) is 4.80 Å². The summed E-state index contributed by atoms with van der Waals surface area (Å²) in [5.74, 6) is 0.171. The van der Waals surface area contributed by atoms with Crippen LogP contribution in [0.2, 0.25) is 5.02 Å². The van der Waals surface area contributed by atoms with Crippen molar-refractivity contribution in [3.05, 3.63) is 127 Å². The van der Waals surface area contributed by atoms with Gasteiger partial charge in [0.25, 0.3) is 5.56 Å². The van der Waals surface area contributed by atoms with Crippen LogP contribution < -0.4 is 19.6 Å². The fourth-order valence-electron chi connectivity index (χ4n) is 4.62. The zero-order valence-corrected chi connectivity index (χ0v) is 27.7. The summed E-state index contributed by atoms with van der Waals surface area (Å²) in [5, 5.41) is 0.638. The van der Waals surface area contributed by atoms with Crippen LogP contribution in [0, 0.1) is 10.5 Å². The predicted molar refractivity (Wildman–Crippen MR) is 174 cm³/mol. The summed E-state index contributed by atoms with van der Waals surface area (Å²) >= 11 is 13.2. The first-order valence-electron chi connectivity index (χ1n) is 12.8. The zero-order valence-electron chi connectivity index (χ0n) is 22.4. The molecule has 41 heavy (non-hydrogen) atoms. The maximum atomic E-state index is 14.0. The van der Waals surface area contributed by atoms with E-state index in [0.717, 1.165) is 30.3 Å². The van der Waals surface area contributed by atoms with Gasteiger partial charge in [-0.05, 0) is 84.8 Å². The first-order valence-corrected chi connectivity index (χ1v) is 15.9. The molecule has 1 aromatic heterocycles. The van der Waals surface area contributed by atoms with Gasteiger partial charge in [0.1, 0.15) is 12.4 Å². The largest absolute Gasteiger partial charge is 0.487 e. The Morgan fingerprint density at radius 2 is 1.93 bits per heavy atom. The molecule has 0 saturated heterocycles. The van der Waals surface area contributed by atoms with E-state index in [9.17, 15) is 9.59 Å². The minimum Gasteiger partial charge on any atom is -0.487 e. The Bertz CT molecular complexity index is 1860. The number of nitrogens with zero attached hydrogens (tertiary/aromatic N) is 2. The molecule has 10 heteroatoms. The van der Waals surface area contributed by atoms with Crippen LogP contribution in [-0.2, 0) is 16.1 Å². The SMILES string of the molecule is CCOC(=O)C1=C(C)N=c2s/c(=C\c3cc(Br)cc(I)c3OCc3cccc(Cl)c3)c(=O)n2[C@@H]1c1ccc(C)cc1. The lowest BCUT2D eigenvalue weighted by Gasteiger charge is -2.24. The second-order valence-electron chi connectivity index (χ2n) is 9.44. The van der Waals surface area contributed by atoms with E-state index in [-0.39, 0.29) is 12.2 Å². The number of aryl methyl sites for hydroxylation is 1. The maximum absolute atomic E-state index is 14.0. The smallest absolute Gasteiger partial charge is 0.338 e. The lowest BCUT2D eigenvalue weighted by molar-refractivity contribution is -0.139. The summed E-state index contributed by atoms with van der Waals surface area (Å²) in [4.78, 5) is 32.3. The summed E-state index contributed by atoms with van der Waals surface area (Å²) in [7, 11) is 0. The molecule has 1 aliphatic heterocycles. The maximum Gasteiger partial charge on any atom is 0.338 e. The Morgan fingerprint density at radius 3 is 2.63 bits per heavy atom. The second-order valence-corrected chi connectivity index (χ2v) is 13.0. The summed E-state index contributed by atoms with van der Waals surface area (Å²) < 4.78 is 15.5. The molecule has 1 aliphatic rings. The van der Waals surface area contributed by atoms with Gasteiger partial charge in [0.05, 0.1) is 32.0 Å². The van der Waals surface area contributed by atoms with Gasteiger partial charge in [-0.25, -0.2) is 9.79 Å². The highest BCUT2D eigenvalue weighted by atomic mass is 127. The van der Waals surface area contributed by atoms with E-state index in [4.69, 9.17) is 21.1 Å². The number of carbonyl (C=O) groups is 1. The Kier molecular flexibility index (Phi) is 9.18. The fraction of sp³-hybridized carbons (Fsp3) is 0.194. The van der Waals surface area contributed by atoms with E-state index < -0.39 is 12.0 Å². The first kappa shape index (κ1) is 29.8. The average Bonchev–Trinajstić information content (AvgIpc) is 3.22. The summed E-state index contributed by atoms with van der Waals surface area (Å²) in [6.45, 7) is 6.07. The van der Waals surface area contributed by atoms with Gasteiger partial charge >= 0.3 is 5.97 Å². The Labute approximate surface area is 268 Å². The van der Waals surface area contributed by atoms with E-state index in [1.807, 2.05) is 73.7 Å². The van der Waals surface area contributed by atoms with Crippen molar-refractivity contribution in [3.8, 4) is 5.75 Å². The van der Waals surface area contributed by atoms with Crippen LogP contribution in [0.5, 0.6) is 5.75 Å². The number of rotatable bonds is 7. The van der Waals surface area contributed by atoms with E-state index in [2.05, 4.69) is 43.5 Å². The minimum absolute atomic E-state index is 0.222. The van der Waals surface area contributed by atoms with Crippen LogP contribution in [-0.4, -0.2) is 17.1 Å². The molecule has 210 valence electrons. The molecule has 3 aromatic carbocycles. The van der Waals surface area contributed by atoms with Crippen LogP contribution >= 0.6 is 61.5 Å². The molecule has 0 spiro atoms. The van der Waals surface area contributed by atoms with Crippen molar-refractivity contribution in [2.45, 2.75) is 33.4 Å². The predicted octanol–water partition coefficient (Wildman–Crippen LogP) is 6.71. The molecule has 0 bridgehead atoms. The van der Waals surface area contributed by atoms with Crippen molar-refractivity contribution in [2.75, 3.05) is 6.61 Å². The number of aromatic nitrogens is 1. The van der Waals surface area contributed by atoms with Crippen LogP contribution in [0.25, 0.3) is 6.08 Å². The Morgan fingerprint density at radius 1 is 1.17 bits per heavy atom. The van der Waals surface area contributed by atoms with Gasteiger partial charge in [-0.3, -0.25) is 9.36 Å². The van der Waals surface area contributed by atoms with Crippen molar-refractivity contribution in [2.24, 2.45) is 4.99 Å². The number of thiazole rings is 1.